The van der Waals surface area contributed by atoms with Crippen LogP contribution in [0.1, 0.15) is 17.2 Å². The van der Waals surface area contributed by atoms with Crippen molar-refractivity contribution in [3.05, 3.63) is 65.7 Å². The number of benzene rings is 2. The third-order valence-corrected chi connectivity index (χ3v) is 3.07. The Morgan fingerprint density at radius 1 is 1.14 bits per heavy atom. The minimum atomic E-state index is -1.37. The second-order valence-electron chi connectivity index (χ2n) is 4.66. The topological polar surface area (TPSA) is 92.8 Å². The predicted molar refractivity (Wildman–Crippen MR) is 77.8 cm³/mol. The molecule has 0 aliphatic heterocycles. The summed E-state index contributed by atoms with van der Waals surface area (Å²) in [5, 5.41) is 18.7. The Labute approximate surface area is 122 Å². The molecule has 0 saturated heterocycles. The molecule has 0 spiro atoms. The Morgan fingerprint density at radius 2 is 1.86 bits per heavy atom. The third kappa shape index (κ3) is 4.05. The molecule has 0 heterocycles. The molecule has 110 valence electrons. The lowest BCUT2D eigenvalue weighted by Gasteiger charge is -2.16. The van der Waals surface area contributed by atoms with Gasteiger partial charge in [0.25, 0.3) is 0 Å². The number of hydrogen-bond donors (Lipinski definition) is 3. The van der Waals surface area contributed by atoms with Crippen LogP contribution >= 0.6 is 0 Å². The maximum absolute atomic E-state index is 10.8. The van der Waals surface area contributed by atoms with Crippen molar-refractivity contribution in [1.82, 2.24) is 0 Å². The highest BCUT2D eigenvalue weighted by molar-refractivity contribution is 5.74. The normalized spacial score (nSPS) is 13.4. The number of rotatable bonds is 6. The van der Waals surface area contributed by atoms with Crippen LogP contribution in [0.15, 0.2) is 54.6 Å². The van der Waals surface area contributed by atoms with Crippen LogP contribution < -0.4 is 10.5 Å². The summed E-state index contributed by atoms with van der Waals surface area (Å²) in [6, 6.07) is 14.9. The molecule has 0 amide bonds. The number of carbonyl (C=O) groups is 1. The summed E-state index contributed by atoms with van der Waals surface area (Å²) in [5.74, 6) is -0.703. The highest BCUT2D eigenvalue weighted by atomic mass is 16.5. The van der Waals surface area contributed by atoms with E-state index in [0.717, 1.165) is 5.56 Å². The molecule has 2 rings (SSSR count). The molecule has 0 aliphatic carbocycles. The van der Waals surface area contributed by atoms with Crippen LogP contribution in [0.2, 0.25) is 0 Å². The van der Waals surface area contributed by atoms with Gasteiger partial charge in [0.15, 0.2) is 0 Å². The van der Waals surface area contributed by atoms with Gasteiger partial charge in [-0.25, -0.2) is 0 Å². The van der Waals surface area contributed by atoms with E-state index < -0.39 is 18.1 Å². The van der Waals surface area contributed by atoms with Crippen LogP contribution in [0.25, 0.3) is 0 Å². The molecular weight excluding hydrogens is 270 g/mol. The van der Waals surface area contributed by atoms with Crippen molar-refractivity contribution in [1.29, 1.82) is 0 Å². The minimum absolute atomic E-state index is 0.394. The zero-order valence-electron chi connectivity index (χ0n) is 11.3. The van der Waals surface area contributed by atoms with E-state index in [4.69, 9.17) is 15.6 Å². The summed E-state index contributed by atoms with van der Waals surface area (Å²) in [6.07, 6.45) is -1.28. The van der Waals surface area contributed by atoms with Gasteiger partial charge in [-0.1, -0.05) is 42.5 Å². The summed E-state index contributed by atoms with van der Waals surface area (Å²) in [7, 11) is 0. The number of aliphatic hydroxyl groups is 1. The number of carboxylic acid groups (broad SMARTS) is 1. The molecule has 4 N–H and O–H groups in total. The smallest absolute Gasteiger partial charge is 0.323 e. The highest BCUT2D eigenvalue weighted by Gasteiger charge is 2.23. The molecule has 0 aromatic heterocycles. The Balaban J connectivity index is 2.05. The fourth-order valence-electron chi connectivity index (χ4n) is 1.87. The minimum Gasteiger partial charge on any atom is -0.489 e. The molecule has 21 heavy (non-hydrogen) atoms. The molecule has 2 aromatic carbocycles. The lowest BCUT2D eigenvalue weighted by Crippen LogP contribution is -2.36. The molecule has 0 bridgehead atoms. The molecule has 0 radical (unpaired) electrons. The van der Waals surface area contributed by atoms with Crippen molar-refractivity contribution in [2.24, 2.45) is 5.73 Å². The number of ether oxygens (including phenoxy) is 1. The van der Waals surface area contributed by atoms with Gasteiger partial charge >= 0.3 is 5.97 Å². The first kappa shape index (κ1) is 15.0. The average Bonchev–Trinajstić information content (AvgIpc) is 2.52. The fraction of sp³-hybridized carbons (Fsp3) is 0.188. The van der Waals surface area contributed by atoms with Gasteiger partial charge in [-0.2, -0.15) is 0 Å². The van der Waals surface area contributed by atoms with E-state index in [2.05, 4.69) is 0 Å². The number of carboxylic acids is 1. The van der Waals surface area contributed by atoms with E-state index in [9.17, 15) is 9.90 Å². The number of aliphatic hydroxyl groups excluding tert-OH is 1. The lowest BCUT2D eigenvalue weighted by atomic mass is 10.0. The van der Waals surface area contributed by atoms with Crippen molar-refractivity contribution in [3.8, 4) is 5.75 Å². The van der Waals surface area contributed by atoms with Gasteiger partial charge < -0.3 is 20.7 Å². The fourth-order valence-corrected chi connectivity index (χ4v) is 1.87. The first-order valence-electron chi connectivity index (χ1n) is 6.51. The largest absolute Gasteiger partial charge is 0.489 e. The molecule has 5 nitrogen and oxygen atoms in total. The lowest BCUT2D eigenvalue weighted by molar-refractivity contribution is -0.141. The Hall–Kier alpha value is -2.37. The Bertz CT molecular complexity index is 600. The third-order valence-electron chi connectivity index (χ3n) is 3.07. The summed E-state index contributed by atoms with van der Waals surface area (Å²) in [5.41, 5.74) is 6.85. The monoisotopic (exact) mass is 287 g/mol. The molecular formula is C16H17NO4. The summed E-state index contributed by atoms with van der Waals surface area (Å²) in [6.45, 7) is 0.394. The van der Waals surface area contributed by atoms with Crippen molar-refractivity contribution >= 4 is 5.97 Å². The van der Waals surface area contributed by atoms with Gasteiger partial charge in [0.2, 0.25) is 0 Å². The average molecular weight is 287 g/mol. The molecule has 5 heteroatoms. The van der Waals surface area contributed by atoms with Crippen LogP contribution in [-0.4, -0.2) is 22.2 Å². The van der Waals surface area contributed by atoms with Gasteiger partial charge in [0.1, 0.15) is 24.5 Å². The van der Waals surface area contributed by atoms with Crippen LogP contribution in [-0.2, 0) is 11.4 Å². The summed E-state index contributed by atoms with van der Waals surface area (Å²) in [4.78, 5) is 10.8. The van der Waals surface area contributed by atoms with Gasteiger partial charge in [0, 0.05) is 0 Å². The van der Waals surface area contributed by atoms with Crippen molar-refractivity contribution in [3.63, 3.8) is 0 Å². The standard InChI is InChI=1S/C16H17NO4/c17-14(16(19)20)15(18)12-7-4-8-13(9-12)21-10-11-5-2-1-3-6-11/h1-9,14-15,18H,10,17H2,(H,19,20)/t14-,15-/m1/s1. The van der Waals surface area contributed by atoms with E-state index >= 15 is 0 Å². The van der Waals surface area contributed by atoms with E-state index in [0.29, 0.717) is 17.9 Å². The van der Waals surface area contributed by atoms with E-state index in [1.165, 1.54) is 0 Å². The molecule has 0 fully saturated rings. The van der Waals surface area contributed by atoms with E-state index in [1.807, 2.05) is 30.3 Å². The molecule has 0 saturated carbocycles. The Kier molecular flexibility index (Phi) is 4.92. The van der Waals surface area contributed by atoms with E-state index in [1.54, 1.807) is 24.3 Å². The van der Waals surface area contributed by atoms with Gasteiger partial charge in [0.05, 0.1) is 0 Å². The van der Waals surface area contributed by atoms with Gasteiger partial charge in [-0.3, -0.25) is 4.79 Å². The highest BCUT2D eigenvalue weighted by Crippen LogP contribution is 2.22. The zero-order chi connectivity index (χ0) is 15.2. The van der Waals surface area contributed by atoms with Crippen LogP contribution in [0.4, 0.5) is 0 Å². The van der Waals surface area contributed by atoms with Crippen molar-refractivity contribution in [2.45, 2.75) is 18.8 Å². The maximum atomic E-state index is 10.8. The second kappa shape index (κ2) is 6.88. The second-order valence-corrected chi connectivity index (χ2v) is 4.66. The maximum Gasteiger partial charge on any atom is 0.323 e. The quantitative estimate of drug-likeness (QED) is 0.752. The summed E-state index contributed by atoms with van der Waals surface area (Å²) >= 11 is 0. The van der Waals surface area contributed by atoms with Gasteiger partial charge in [-0.15, -0.1) is 0 Å². The molecule has 0 aliphatic rings. The van der Waals surface area contributed by atoms with Crippen LogP contribution in [0.5, 0.6) is 5.75 Å². The molecule has 0 unspecified atom stereocenters. The number of hydrogen-bond acceptors (Lipinski definition) is 4. The Morgan fingerprint density at radius 3 is 2.52 bits per heavy atom. The predicted octanol–water partition coefficient (Wildman–Crippen LogP) is 1.71. The van der Waals surface area contributed by atoms with Gasteiger partial charge in [-0.05, 0) is 23.3 Å². The first-order valence-corrected chi connectivity index (χ1v) is 6.51. The molecule has 2 aromatic rings. The first-order chi connectivity index (χ1) is 10.1. The van der Waals surface area contributed by atoms with E-state index in [-0.39, 0.29) is 0 Å². The van der Waals surface area contributed by atoms with Crippen molar-refractivity contribution < 1.29 is 19.7 Å². The zero-order valence-corrected chi connectivity index (χ0v) is 11.3. The number of aliphatic carboxylic acids is 1. The summed E-state index contributed by atoms with van der Waals surface area (Å²) < 4.78 is 5.62. The SMILES string of the molecule is N[C@@H](C(=O)O)[C@H](O)c1cccc(OCc2ccccc2)c1. The van der Waals surface area contributed by atoms with Crippen LogP contribution in [0.3, 0.4) is 0 Å². The molecule has 2 atom stereocenters. The van der Waals surface area contributed by atoms with Crippen molar-refractivity contribution in [2.75, 3.05) is 0 Å². The number of nitrogens with two attached hydrogens (primary N) is 1. The van der Waals surface area contributed by atoms with Crippen LogP contribution in [0, 0.1) is 0 Å².